The van der Waals surface area contributed by atoms with Gasteiger partial charge in [-0.2, -0.15) is 0 Å². The fourth-order valence-electron chi connectivity index (χ4n) is 1.81. The van der Waals surface area contributed by atoms with E-state index in [2.05, 4.69) is 0 Å². The van der Waals surface area contributed by atoms with Crippen LogP contribution in [0.3, 0.4) is 0 Å². The summed E-state index contributed by atoms with van der Waals surface area (Å²) in [5.74, 6) is -0.260. The molecule has 4 heteroatoms. The molecule has 80 valence electrons. The molecule has 1 saturated carbocycles. The van der Waals surface area contributed by atoms with Gasteiger partial charge in [-0.15, -0.1) is 0 Å². The van der Waals surface area contributed by atoms with Gasteiger partial charge in [0.05, 0.1) is 13.0 Å². The van der Waals surface area contributed by atoms with Gasteiger partial charge in [0, 0.05) is 10.9 Å². The largest absolute Gasteiger partial charge is 0.496 e. The zero-order valence-corrected chi connectivity index (χ0v) is 8.99. The molecule has 0 aliphatic heterocycles. The van der Waals surface area contributed by atoms with Gasteiger partial charge in [-0.25, -0.2) is 0 Å². The van der Waals surface area contributed by atoms with Crippen molar-refractivity contribution in [3.8, 4) is 5.75 Å². The van der Waals surface area contributed by atoms with Gasteiger partial charge >= 0.3 is 5.97 Å². The smallest absolute Gasteiger partial charge is 0.307 e. The number of carboxylic acids is 1. The van der Waals surface area contributed by atoms with Crippen molar-refractivity contribution < 1.29 is 14.6 Å². The fraction of sp³-hybridized carbons (Fsp3) is 0.364. The molecule has 0 spiro atoms. The Morgan fingerprint density at radius 2 is 2.33 bits per heavy atom. The van der Waals surface area contributed by atoms with Gasteiger partial charge in [-0.3, -0.25) is 4.79 Å². The number of methoxy groups -OCH3 is 1. The van der Waals surface area contributed by atoms with E-state index < -0.39 is 5.97 Å². The van der Waals surface area contributed by atoms with Gasteiger partial charge in [-0.1, -0.05) is 11.6 Å². The van der Waals surface area contributed by atoms with E-state index in [9.17, 15) is 4.79 Å². The summed E-state index contributed by atoms with van der Waals surface area (Å²) in [4.78, 5) is 10.8. The molecule has 3 nitrogen and oxygen atoms in total. The Kier molecular flexibility index (Phi) is 2.57. The average molecular weight is 227 g/mol. The highest BCUT2D eigenvalue weighted by molar-refractivity contribution is 6.30. The number of carbonyl (C=O) groups is 1. The molecule has 1 aromatic carbocycles. The number of carboxylic acid groups (broad SMARTS) is 1. The van der Waals surface area contributed by atoms with Crippen molar-refractivity contribution in [1.82, 2.24) is 0 Å². The molecular weight excluding hydrogens is 216 g/mol. The van der Waals surface area contributed by atoms with Crippen LogP contribution < -0.4 is 4.74 Å². The summed E-state index contributed by atoms with van der Waals surface area (Å²) in [5, 5.41) is 9.46. The second-order valence-corrected chi connectivity index (χ2v) is 4.11. The van der Waals surface area contributed by atoms with Crippen LogP contribution in [0.25, 0.3) is 0 Å². The molecule has 1 N–H and O–H groups in total. The minimum Gasteiger partial charge on any atom is -0.496 e. The van der Waals surface area contributed by atoms with Crippen LogP contribution in [0.1, 0.15) is 17.9 Å². The summed E-state index contributed by atoms with van der Waals surface area (Å²) in [6.07, 6.45) is 0.673. The summed E-state index contributed by atoms with van der Waals surface area (Å²) in [6.45, 7) is 0. The van der Waals surface area contributed by atoms with Crippen LogP contribution >= 0.6 is 11.6 Å². The van der Waals surface area contributed by atoms with Gasteiger partial charge in [0.2, 0.25) is 0 Å². The van der Waals surface area contributed by atoms with Crippen molar-refractivity contribution in [2.24, 2.45) is 5.92 Å². The maximum absolute atomic E-state index is 10.8. The SMILES string of the molecule is COc1ccc(Cl)cc1C1CC1C(=O)O. The van der Waals surface area contributed by atoms with Crippen molar-refractivity contribution in [2.75, 3.05) is 7.11 Å². The quantitative estimate of drug-likeness (QED) is 0.862. The van der Waals surface area contributed by atoms with Gasteiger partial charge in [0.25, 0.3) is 0 Å². The zero-order chi connectivity index (χ0) is 11.0. The molecule has 1 fully saturated rings. The number of benzene rings is 1. The molecule has 1 aliphatic rings. The van der Waals surface area contributed by atoms with Crippen LogP contribution in [0.15, 0.2) is 18.2 Å². The number of rotatable bonds is 3. The lowest BCUT2D eigenvalue weighted by Gasteiger charge is -2.07. The summed E-state index contributed by atoms with van der Waals surface area (Å²) in [5.41, 5.74) is 0.900. The van der Waals surface area contributed by atoms with E-state index >= 15 is 0 Å². The van der Waals surface area contributed by atoms with Crippen molar-refractivity contribution in [3.63, 3.8) is 0 Å². The van der Waals surface area contributed by atoms with Gasteiger partial charge in [0.15, 0.2) is 0 Å². The van der Waals surface area contributed by atoms with Gasteiger partial charge in [-0.05, 0) is 30.2 Å². The van der Waals surface area contributed by atoms with Crippen molar-refractivity contribution in [3.05, 3.63) is 28.8 Å². The molecule has 15 heavy (non-hydrogen) atoms. The third-order valence-corrected chi connectivity index (χ3v) is 2.93. The third kappa shape index (κ3) is 1.92. The number of aliphatic carboxylic acids is 1. The van der Waals surface area contributed by atoms with Gasteiger partial charge in [0.1, 0.15) is 5.75 Å². The molecule has 0 bridgehead atoms. The topological polar surface area (TPSA) is 46.5 Å². The zero-order valence-electron chi connectivity index (χ0n) is 8.24. The Morgan fingerprint density at radius 1 is 1.60 bits per heavy atom. The number of halogens is 1. The molecule has 0 radical (unpaired) electrons. The molecule has 1 aliphatic carbocycles. The number of ether oxygens (including phenoxy) is 1. The molecule has 1 aromatic rings. The first kappa shape index (κ1) is 10.3. The first-order valence-electron chi connectivity index (χ1n) is 4.69. The van der Waals surface area contributed by atoms with Crippen LogP contribution in [0.4, 0.5) is 0 Å². The Labute approximate surface area is 92.6 Å². The van der Waals surface area contributed by atoms with Crippen molar-refractivity contribution in [1.29, 1.82) is 0 Å². The van der Waals surface area contributed by atoms with E-state index in [1.54, 1.807) is 25.3 Å². The van der Waals surface area contributed by atoms with E-state index in [4.69, 9.17) is 21.4 Å². The molecule has 0 aromatic heterocycles. The molecule has 2 unspecified atom stereocenters. The second kappa shape index (κ2) is 3.74. The first-order chi connectivity index (χ1) is 7.13. The molecule has 0 amide bonds. The average Bonchev–Trinajstić information content (AvgIpc) is 2.97. The Hall–Kier alpha value is -1.22. The van der Waals surface area contributed by atoms with Crippen LogP contribution in [-0.4, -0.2) is 18.2 Å². The monoisotopic (exact) mass is 226 g/mol. The van der Waals surface area contributed by atoms with Crippen LogP contribution in [-0.2, 0) is 4.79 Å². The van der Waals surface area contributed by atoms with E-state index in [0.717, 1.165) is 5.56 Å². The second-order valence-electron chi connectivity index (χ2n) is 3.67. The van der Waals surface area contributed by atoms with Crippen LogP contribution in [0, 0.1) is 5.92 Å². The summed E-state index contributed by atoms with van der Waals surface area (Å²) >= 11 is 5.87. The van der Waals surface area contributed by atoms with Gasteiger partial charge < -0.3 is 9.84 Å². The predicted molar refractivity (Wildman–Crippen MR) is 56.5 cm³/mol. The highest BCUT2D eigenvalue weighted by Gasteiger charge is 2.45. The van der Waals surface area contributed by atoms with E-state index in [0.29, 0.717) is 17.2 Å². The fourth-order valence-corrected chi connectivity index (χ4v) is 1.99. The molecular formula is C11H11ClO3. The van der Waals surface area contributed by atoms with Crippen LogP contribution in [0.2, 0.25) is 5.02 Å². The highest BCUT2D eigenvalue weighted by Crippen LogP contribution is 2.50. The van der Waals surface area contributed by atoms with E-state index in [-0.39, 0.29) is 11.8 Å². The minimum atomic E-state index is -0.748. The summed E-state index contributed by atoms with van der Waals surface area (Å²) < 4.78 is 5.18. The molecule has 2 atom stereocenters. The number of hydrogen-bond acceptors (Lipinski definition) is 2. The normalized spacial score (nSPS) is 23.6. The summed E-state index contributed by atoms with van der Waals surface area (Å²) in [6, 6.07) is 5.30. The number of hydrogen-bond donors (Lipinski definition) is 1. The Balaban J connectivity index is 2.28. The maximum atomic E-state index is 10.8. The molecule has 0 heterocycles. The molecule has 2 rings (SSSR count). The maximum Gasteiger partial charge on any atom is 0.307 e. The van der Waals surface area contributed by atoms with Crippen molar-refractivity contribution in [2.45, 2.75) is 12.3 Å². The van der Waals surface area contributed by atoms with Crippen LogP contribution in [0.5, 0.6) is 5.75 Å². The van der Waals surface area contributed by atoms with Crippen molar-refractivity contribution >= 4 is 17.6 Å². The van der Waals surface area contributed by atoms with E-state index in [1.165, 1.54) is 0 Å². The van der Waals surface area contributed by atoms with E-state index in [1.807, 2.05) is 0 Å². The Bertz CT molecular complexity index is 403. The first-order valence-corrected chi connectivity index (χ1v) is 5.07. The Morgan fingerprint density at radius 3 is 2.87 bits per heavy atom. The lowest BCUT2D eigenvalue weighted by Crippen LogP contribution is -2.00. The third-order valence-electron chi connectivity index (χ3n) is 2.70. The lowest BCUT2D eigenvalue weighted by atomic mass is 10.1. The predicted octanol–water partition coefficient (Wildman–Crippen LogP) is 2.54. The molecule has 0 saturated heterocycles. The minimum absolute atomic E-state index is 0.0520. The highest BCUT2D eigenvalue weighted by atomic mass is 35.5. The summed E-state index contributed by atoms with van der Waals surface area (Å²) in [7, 11) is 1.57. The standard InChI is InChI=1S/C11H11ClO3/c1-15-10-3-2-6(12)4-8(10)7-5-9(7)11(13)14/h2-4,7,9H,5H2,1H3,(H,13,14). The lowest BCUT2D eigenvalue weighted by molar-refractivity contribution is -0.138.